The summed E-state index contributed by atoms with van der Waals surface area (Å²) in [6, 6.07) is 8.39. The highest BCUT2D eigenvalue weighted by molar-refractivity contribution is 6.25. The Labute approximate surface area is 288 Å². The fourth-order valence-corrected chi connectivity index (χ4v) is 7.72. The van der Waals surface area contributed by atoms with Crippen molar-refractivity contribution in [1.29, 1.82) is 5.26 Å². The summed E-state index contributed by atoms with van der Waals surface area (Å²) in [5.74, 6) is -7.95. The van der Waals surface area contributed by atoms with Gasteiger partial charge in [0, 0.05) is 11.8 Å². The Balaban J connectivity index is 1.59. The first kappa shape index (κ1) is 34.5. The molecule has 6 rings (SSSR count). The van der Waals surface area contributed by atoms with Crippen LogP contribution in [0, 0.1) is 16.7 Å². The molecule has 1 unspecified atom stereocenters. The Morgan fingerprint density at radius 2 is 1.82 bits per heavy atom. The van der Waals surface area contributed by atoms with E-state index in [0.717, 1.165) is 7.11 Å². The van der Waals surface area contributed by atoms with Crippen molar-refractivity contribution in [2.24, 2.45) is 22.6 Å². The normalized spacial score (nSPS) is 25.5. The Morgan fingerprint density at radius 1 is 1.12 bits per heavy atom. The monoisotopic (exact) mass is 697 g/mol. The smallest absolute Gasteiger partial charge is 0.337 e. The number of phenols is 1. The number of methoxy groups -OCH3 is 1. The zero-order valence-corrected chi connectivity index (χ0v) is 27.3. The number of aliphatic hydroxyl groups is 2. The van der Waals surface area contributed by atoms with E-state index in [2.05, 4.69) is 10.5 Å². The molecule has 2 amide bonds. The van der Waals surface area contributed by atoms with Gasteiger partial charge in [-0.15, -0.1) is 0 Å². The summed E-state index contributed by atoms with van der Waals surface area (Å²) in [5, 5.41) is 51.0. The molecule has 1 saturated carbocycles. The molecule has 1 fully saturated rings. The number of nitrogens with two attached hydrogens (primary N) is 3. The zero-order valence-electron chi connectivity index (χ0n) is 27.3. The van der Waals surface area contributed by atoms with E-state index in [0.29, 0.717) is 0 Å². The second-order valence-corrected chi connectivity index (χ2v) is 12.9. The first-order valence-electron chi connectivity index (χ1n) is 15.2. The van der Waals surface area contributed by atoms with Crippen LogP contribution in [0.5, 0.6) is 5.75 Å². The van der Waals surface area contributed by atoms with E-state index in [-0.39, 0.29) is 45.7 Å². The van der Waals surface area contributed by atoms with E-state index in [9.17, 15) is 44.6 Å². The maximum absolute atomic E-state index is 14.6. The van der Waals surface area contributed by atoms with E-state index in [4.69, 9.17) is 26.5 Å². The molecule has 0 saturated heterocycles. The third-order valence-corrected chi connectivity index (χ3v) is 9.72. The zero-order chi connectivity index (χ0) is 37.4. The van der Waals surface area contributed by atoms with Gasteiger partial charge >= 0.3 is 5.97 Å². The summed E-state index contributed by atoms with van der Waals surface area (Å²) < 4.78 is 9.82. The van der Waals surface area contributed by atoms with Gasteiger partial charge in [-0.25, -0.2) is 4.79 Å². The number of anilines is 1. The van der Waals surface area contributed by atoms with Gasteiger partial charge in [-0.1, -0.05) is 11.2 Å². The highest BCUT2D eigenvalue weighted by Gasteiger charge is 2.74. The lowest BCUT2D eigenvalue weighted by Crippen LogP contribution is -2.80. The summed E-state index contributed by atoms with van der Waals surface area (Å²) in [6.07, 6.45) is 0.339. The van der Waals surface area contributed by atoms with Gasteiger partial charge in [-0.3, -0.25) is 24.1 Å². The van der Waals surface area contributed by atoms with E-state index in [1.165, 1.54) is 61.6 Å². The number of carbonyl (C=O) groups excluding carboxylic acids is 5. The molecule has 2 aromatic carbocycles. The largest absolute Gasteiger partial charge is 0.509 e. The van der Waals surface area contributed by atoms with Crippen LogP contribution in [0.1, 0.15) is 38.5 Å². The number of hydrogen-bond donors (Lipinski definition) is 7. The lowest BCUT2D eigenvalue weighted by Gasteiger charge is -2.58. The Morgan fingerprint density at radius 3 is 2.41 bits per heavy atom. The Bertz CT molecular complexity index is 2200. The third-order valence-electron chi connectivity index (χ3n) is 9.72. The average Bonchev–Trinajstić information content (AvgIpc) is 3.59. The molecule has 4 atom stereocenters. The van der Waals surface area contributed by atoms with Crippen LogP contribution in [0.4, 0.5) is 5.69 Å². The number of benzene rings is 2. The van der Waals surface area contributed by atoms with Gasteiger partial charge in [-0.05, 0) is 67.9 Å². The van der Waals surface area contributed by atoms with Crippen molar-refractivity contribution in [3.05, 3.63) is 82.0 Å². The molecule has 10 N–H and O–H groups in total. The number of aromatic hydroxyl groups is 1. The van der Waals surface area contributed by atoms with E-state index in [1.807, 2.05) is 0 Å². The quantitative estimate of drug-likeness (QED) is 0.137. The molecule has 0 aliphatic heterocycles. The molecule has 51 heavy (non-hydrogen) atoms. The van der Waals surface area contributed by atoms with Gasteiger partial charge in [0.25, 0.3) is 11.8 Å². The second kappa shape index (κ2) is 11.6. The van der Waals surface area contributed by atoms with Crippen molar-refractivity contribution in [1.82, 2.24) is 10.1 Å². The lowest BCUT2D eigenvalue weighted by molar-refractivity contribution is -0.139. The van der Waals surface area contributed by atoms with Crippen LogP contribution in [-0.2, 0) is 25.5 Å². The second-order valence-electron chi connectivity index (χ2n) is 12.9. The Hall–Kier alpha value is -6.35. The average molecular weight is 698 g/mol. The first-order chi connectivity index (χ1) is 24.0. The number of likely N-dealkylation sites (N-methyl/N-ethyl adjacent to an activating group) is 1. The third kappa shape index (κ3) is 4.72. The fraction of sp³-hybridized carbons (Fsp3) is 0.265. The number of nitriles is 1. The number of hydrogen-bond acceptors (Lipinski definition) is 15. The van der Waals surface area contributed by atoms with E-state index < -0.39 is 86.7 Å². The van der Waals surface area contributed by atoms with Crippen molar-refractivity contribution in [2.45, 2.75) is 30.0 Å². The number of aromatic nitrogens is 1. The SMILES string of the molecule is COC(=O)c1cc(NC(=O)c2ccno2)cc(-c2ccc(O)c3c2C[C@@]2(N)C[C@@]4(N)C(N(C)C)C(=O)C(C(N)=O)=C(O)[C@@]4(C#N)C(=O)C2=C3O)c1. The number of primary amides is 1. The van der Waals surface area contributed by atoms with Crippen molar-refractivity contribution in [3.63, 3.8) is 0 Å². The first-order valence-corrected chi connectivity index (χ1v) is 15.2. The maximum Gasteiger partial charge on any atom is 0.337 e. The number of fused-ring (bicyclic) bond motifs is 3. The van der Waals surface area contributed by atoms with E-state index >= 15 is 0 Å². The predicted molar refractivity (Wildman–Crippen MR) is 175 cm³/mol. The van der Waals surface area contributed by atoms with Crippen LogP contribution in [-0.4, -0.2) is 93.1 Å². The molecule has 3 aromatic rings. The number of ether oxygens (including phenoxy) is 1. The van der Waals surface area contributed by atoms with E-state index in [1.54, 1.807) is 6.07 Å². The van der Waals surface area contributed by atoms with Crippen LogP contribution >= 0.6 is 0 Å². The highest BCUT2D eigenvalue weighted by Crippen LogP contribution is 2.58. The molecule has 0 spiro atoms. The van der Waals surface area contributed by atoms with Crippen LogP contribution < -0.4 is 22.5 Å². The topological polar surface area (TPSA) is 298 Å². The number of phenolic OH excluding ortho intramolecular Hbond substituents is 1. The molecular formula is C34H31N7O10. The number of nitrogens with one attached hydrogen (secondary N) is 1. The van der Waals surface area contributed by atoms with Crippen molar-refractivity contribution >= 4 is 40.8 Å². The minimum atomic E-state index is -2.82. The lowest BCUT2D eigenvalue weighted by atomic mass is 9.47. The number of Topliss-reactive ketones (excluding diaryl/α,β-unsaturated/α-hetero) is 2. The maximum atomic E-state index is 14.6. The molecule has 0 bridgehead atoms. The molecule has 1 aromatic heterocycles. The van der Waals surface area contributed by atoms with Gasteiger partial charge < -0.3 is 47.1 Å². The summed E-state index contributed by atoms with van der Waals surface area (Å²) in [4.78, 5) is 67.6. The van der Waals surface area contributed by atoms with Crippen LogP contribution in [0.2, 0.25) is 0 Å². The molecule has 3 aliphatic carbocycles. The molecule has 3 aliphatic rings. The minimum Gasteiger partial charge on any atom is -0.509 e. The van der Waals surface area contributed by atoms with Gasteiger partial charge in [0.05, 0.1) is 53.2 Å². The van der Waals surface area contributed by atoms with Gasteiger partial charge in [0.1, 0.15) is 22.8 Å². The predicted octanol–water partition coefficient (Wildman–Crippen LogP) is 0.599. The number of rotatable bonds is 6. The van der Waals surface area contributed by atoms with Crippen molar-refractivity contribution < 1.29 is 48.6 Å². The summed E-state index contributed by atoms with van der Waals surface area (Å²) in [6.45, 7) is 0. The number of carbonyl (C=O) groups is 5. The van der Waals surface area contributed by atoms with Crippen molar-refractivity contribution in [2.75, 3.05) is 26.5 Å². The molecule has 17 nitrogen and oxygen atoms in total. The van der Waals surface area contributed by atoms with Gasteiger partial charge in [0.2, 0.25) is 5.76 Å². The van der Waals surface area contributed by atoms with Crippen LogP contribution in [0.25, 0.3) is 16.9 Å². The van der Waals surface area contributed by atoms with Crippen LogP contribution in [0.3, 0.4) is 0 Å². The number of esters is 1. The summed E-state index contributed by atoms with van der Waals surface area (Å²) >= 11 is 0. The highest BCUT2D eigenvalue weighted by atomic mass is 16.5. The molecular weight excluding hydrogens is 666 g/mol. The minimum absolute atomic E-state index is 0.00182. The number of nitrogens with zero attached hydrogens (tertiary/aromatic N) is 3. The fourth-order valence-electron chi connectivity index (χ4n) is 7.72. The van der Waals surface area contributed by atoms with Crippen molar-refractivity contribution in [3.8, 4) is 22.9 Å². The number of amides is 2. The molecule has 0 radical (unpaired) electrons. The Kier molecular flexibility index (Phi) is 7.87. The van der Waals surface area contributed by atoms with Gasteiger partial charge in [-0.2, -0.15) is 5.26 Å². The summed E-state index contributed by atoms with van der Waals surface area (Å²) in [5.41, 5.74) is 11.2. The molecule has 262 valence electrons. The molecule has 1 heterocycles. The number of aliphatic hydroxyl groups excluding tert-OH is 2. The van der Waals surface area contributed by atoms with Crippen LogP contribution in [0.15, 0.2) is 64.0 Å². The van der Waals surface area contributed by atoms with Gasteiger partial charge in [0.15, 0.2) is 17.0 Å². The molecule has 17 heteroatoms. The summed E-state index contributed by atoms with van der Waals surface area (Å²) in [7, 11) is 3.99. The number of ketones is 2. The standard InChI is InChI=1S/C34H31N7O10/c1-41(2)26-25(44)22(29(36)47)27(45)33(13-35)28(46)23-24(43)21-18(11-32(23,37)12-34(26,33)38)17(4-5-19(21)42)14-8-15(31(49)50-3)10-16(9-14)40-30(48)20-6-7-39-51-20/h4-10,26,42-43,45H,11-12,37-38H2,1-3H3,(H2,36,47)(H,40,48)/t26?,32-,33+,34-/m1/s1.